The van der Waals surface area contributed by atoms with Crippen molar-refractivity contribution in [2.45, 2.75) is 58.0 Å². The number of benzene rings is 1. The van der Waals surface area contributed by atoms with Crippen molar-refractivity contribution in [2.75, 3.05) is 0 Å². The summed E-state index contributed by atoms with van der Waals surface area (Å²) in [6.45, 7) is 6.53. The fraction of sp³-hybridized carbons (Fsp3) is 0.529. The third kappa shape index (κ3) is 3.21. The maximum Gasteiger partial charge on any atom is 0.225 e. The summed E-state index contributed by atoms with van der Waals surface area (Å²) in [5.41, 5.74) is 9.17. The van der Waals surface area contributed by atoms with E-state index < -0.39 is 0 Å². The Balaban J connectivity index is 2.29. The topological polar surface area (TPSA) is 55.1 Å². The molecule has 0 spiro atoms. The molecule has 1 amide bonds. The van der Waals surface area contributed by atoms with E-state index >= 15 is 0 Å². The Bertz CT molecular complexity index is 482. The van der Waals surface area contributed by atoms with E-state index in [0.29, 0.717) is 12.1 Å². The van der Waals surface area contributed by atoms with Crippen LogP contribution in [0.4, 0.5) is 0 Å². The number of rotatable bonds is 5. The van der Waals surface area contributed by atoms with Gasteiger partial charge in [0.25, 0.3) is 0 Å². The number of primary amides is 1. The SMILES string of the molecule is CCC(NC(C)C)c1ccc2c(c1)CC[CH]C2C(N)=O. The summed E-state index contributed by atoms with van der Waals surface area (Å²) in [4.78, 5) is 11.5. The van der Waals surface area contributed by atoms with Gasteiger partial charge >= 0.3 is 0 Å². The summed E-state index contributed by atoms with van der Waals surface area (Å²) in [7, 11) is 0. The van der Waals surface area contributed by atoms with Crippen LogP contribution in [0.15, 0.2) is 18.2 Å². The van der Waals surface area contributed by atoms with Crippen LogP contribution in [-0.2, 0) is 11.2 Å². The van der Waals surface area contributed by atoms with E-state index in [4.69, 9.17) is 5.73 Å². The lowest BCUT2D eigenvalue weighted by Gasteiger charge is -2.26. The summed E-state index contributed by atoms with van der Waals surface area (Å²) in [6, 6.07) is 7.31. The molecule has 1 radical (unpaired) electrons. The maximum atomic E-state index is 11.5. The molecule has 2 rings (SSSR count). The van der Waals surface area contributed by atoms with E-state index in [1.54, 1.807) is 0 Å². The van der Waals surface area contributed by atoms with Gasteiger partial charge in [0.2, 0.25) is 5.91 Å². The average molecular weight is 273 g/mol. The van der Waals surface area contributed by atoms with Gasteiger partial charge < -0.3 is 11.1 Å². The fourth-order valence-corrected chi connectivity index (χ4v) is 3.02. The van der Waals surface area contributed by atoms with Crippen molar-refractivity contribution in [3.05, 3.63) is 41.3 Å². The molecule has 0 aromatic heterocycles. The summed E-state index contributed by atoms with van der Waals surface area (Å²) >= 11 is 0. The second-order valence-corrected chi connectivity index (χ2v) is 5.89. The average Bonchev–Trinajstić information content (AvgIpc) is 2.43. The van der Waals surface area contributed by atoms with Gasteiger partial charge in [-0.05, 0) is 42.4 Å². The number of hydrogen-bond donors (Lipinski definition) is 2. The molecule has 0 saturated heterocycles. The minimum absolute atomic E-state index is 0.217. The summed E-state index contributed by atoms with van der Waals surface area (Å²) in [6.07, 6.45) is 5.03. The summed E-state index contributed by atoms with van der Waals surface area (Å²) in [5.74, 6) is -0.461. The number of fused-ring (bicyclic) bond motifs is 1. The number of carbonyl (C=O) groups excluding carboxylic acids is 1. The highest BCUT2D eigenvalue weighted by atomic mass is 16.1. The molecule has 1 aliphatic carbocycles. The molecule has 0 heterocycles. The van der Waals surface area contributed by atoms with Crippen LogP contribution in [0.2, 0.25) is 0 Å². The molecule has 3 N–H and O–H groups in total. The van der Waals surface area contributed by atoms with E-state index in [-0.39, 0.29) is 11.8 Å². The van der Waals surface area contributed by atoms with E-state index in [2.05, 4.69) is 44.3 Å². The molecule has 1 aromatic rings. The van der Waals surface area contributed by atoms with Crippen LogP contribution in [0.25, 0.3) is 0 Å². The Morgan fingerprint density at radius 1 is 1.45 bits per heavy atom. The minimum atomic E-state index is -0.244. The standard InChI is InChI=1S/C17H25N2O/c1-4-16(19-11(2)3)13-8-9-14-12(10-13)6-5-7-15(14)17(18)20/h7-11,15-16,19H,4-6H2,1-3H3,(H2,18,20). The van der Waals surface area contributed by atoms with Crippen molar-refractivity contribution in [1.82, 2.24) is 5.32 Å². The molecule has 1 aromatic carbocycles. The van der Waals surface area contributed by atoms with Gasteiger partial charge in [-0.25, -0.2) is 0 Å². The zero-order valence-corrected chi connectivity index (χ0v) is 12.6. The molecule has 2 unspecified atom stereocenters. The van der Waals surface area contributed by atoms with E-state index in [1.165, 1.54) is 11.1 Å². The molecule has 1 aliphatic rings. The summed E-state index contributed by atoms with van der Waals surface area (Å²) in [5, 5.41) is 3.59. The first-order valence-corrected chi connectivity index (χ1v) is 7.54. The van der Waals surface area contributed by atoms with Crippen molar-refractivity contribution in [3.63, 3.8) is 0 Å². The number of nitrogens with one attached hydrogen (secondary N) is 1. The quantitative estimate of drug-likeness (QED) is 0.866. The van der Waals surface area contributed by atoms with Crippen LogP contribution < -0.4 is 11.1 Å². The fourth-order valence-electron chi connectivity index (χ4n) is 3.02. The molecule has 0 saturated carbocycles. The number of amides is 1. The highest BCUT2D eigenvalue weighted by Gasteiger charge is 2.25. The second-order valence-electron chi connectivity index (χ2n) is 5.89. The molecule has 0 fully saturated rings. The monoisotopic (exact) mass is 273 g/mol. The first-order chi connectivity index (χ1) is 9.52. The summed E-state index contributed by atoms with van der Waals surface area (Å²) < 4.78 is 0. The van der Waals surface area contributed by atoms with Crippen LogP contribution in [0.5, 0.6) is 0 Å². The molecule has 0 aliphatic heterocycles. The van der Waals surface area contributed by atoms with E-state index in [0.717, 1.165) is 24.8 Å². The van der Waals surface area contributed by atoms with Crippen LogP contribution in [0, 0.1) is 6.42 Å². The van der Waals surface area contributed by atoms with E-state index in [9.17, 15) is 4.79 Å². The van der Waals surface area contributed by atoms with Gasteiger partial charge in [-0.2, -0.15) is 0 Å². The van der Waals surface area contributed by atoms with Crippen LogP contribution in [0.1, 0.15) is 62.3 Å². The third-order valence-electron chi connectivity index (χ3n) is 3.97. The third-order valence-corrected chi connectivity index (χ3v) is 3.97. The first kappa shape index (κ1) is 15.0. The highest BCUT2D eigenvalue weighted by Crippen LogP contribution is 2.32. The van der Waals surface area contributed by atoms with Crippen LogP contribution in [0.3, 0.4) is 0 Å². The maximum absolute atomic E-state index is 11.5. The number of hydrogen-bond acceptors (Lipinski definition) is 2. The Kier molecular flexibility index (Phi) is 4.81. The van der Waals surface area contributed by atoms with Gasteiger partial charge in [0.15, 0.2) is 0 Å². The van der Waals surface area contributed by atoms with Crippen molar-refractivity contribution in [3.8, 4) is 0 Å². The molecule has 3 nitrogen and oxygen atoms in total. The van der Waals surface area contributed by atoms with Gasteiger partial charge in [-0.1, -0.05) is 39.0 Å². The number of carbonyl (C=O) groups is 1. The Hall–Kier alpha value is -1.35. The lowest BCUT2D eigenvalue weighted by Crippen LogP contribution is -2.28. The van der Waals surface area contributed by atoms with Crippen LogP contribution in [-0.4, -0.2) is 11.9 Å². The molecule has 3 heteroatoms. The zero-order valence-electron chi connectivity index (χ0n) is 12.6. The molecule has 0 bridgehead atoms. The van der Waals surface area contributed by atoms with E-state index in [1.807, 2.05) is 6.42 Å². The van der Waals surface area contributed by atoms with Crippen molar-refractivity contribution >= 4 is 5.91 Å². The lowest BCUT2D eigenvalue weighted by molar-refractivity contribution is -0.118. The predicted molar refractivity (Wildman–Crippen MR) is 82.3 cm³/mol. The van der Waals surface area contributed by atoms with Crippen molar-refractivity contribution in [1.29, 1.82) is 0 Å². The molecule has 109 valence electrons. The van der Waals surface area contributed by atoms with Crippen LogP contribution >= 0.6 is 0 Å². The Morgan fingerprint density at radius 3 is 2.80 bits per heavy atom. The van der Waals surface area contributed by atoms with Gasteiger partial charge in [0, 0.05) is 12.1 Å². The van der Waals surface area contributed by atoms with Crippen molar-refractivity contribution < 1.29 is 4.79 Å². The Morgan fingerprint density at radius 2 is 2.20 bits per heavy atom. The van der Waals surface area contributed by atoms with Gasteiger partial charge in [0.05, 0.1) is 5.92 Å². The molecule has 2 atom stereocenters. The second kappa shape index (κ2) is 6.40. The van der Waals surface area contributed by atoms with Gasteiger partial charge in [-0.3, -0.25) is 4.79 Å². The predicted octanol–water partition coefficient (Wildman–Crippen LogP) is 2.86. The smallest absolute Gasteiger partial charge is 0.225 e. The van der Waals surface area contributed by atoms with Gasteiger partial charge in [-0.15, -0.1) is 0 Å². The minimum Gasteiger partial charge on any atom is -0.369 e. The molecular formula is C17H25N2O. The Labute approximate surface area is 121 Å². The number of aryl methyl sites for hydroxylation is 1. The number of nitrogens with two attached hydrogens (primary N) is 1. The first-order valence-electron chi connectivity index (χ1n) is 7.54. The molecular weight excluding hydrogens is 248 g/mol. The highest BCUT2D eigenvalue weighted by molar-refractivity contribution is 5.84. The normalized spacial score (nSPS) is 19.7. The zero-order chi connectivity index (χ0) is 14.7. The molecule has 20 heavy (non-hydrogen) atoms. The van der Waals surface area contributed by atoms with Gasteiger partial charge in [0.1, 0.15) is 0 Å². The lowest BCUT2D eigenvalue weighted by atomic mass is 9.81. The van der Waals surface area contributed by atoms with Crippen molar-refractivity contribution in [2.24, 2.45) is 5.73 Å². The largest absolute Gasteiger partial charge is 0.369 e.